The normalized spacial score (nSPS) is 11.0. The monoisotopic (exact) mass is 426 g/mol. The second kappa shape index (κ2) is 8.63. The summed E-state index contributed by atoms with van der Waals surface area (Å²) in [5.41, 5.74) is 3.07. The van der Waals surface area contributed by atoms with E-state index in [-0.39, 0.29) is 5.91 Å². The molecule has 0 saturated heterocycles. The molecule has 1 N–H and O–H groups in total. The molecule has 0 radical (unpaired) electrons. The molecule has 4 rings (SSSR count). The van der Waals surface area contributed by atoms with Gasteiger partial charge in [0.15, 0.2) is 0 Å². The molecule has 8 heteroatoms. The third kappa shape index (κ3) is 4.75. The highest BCUT2D eigenvalue weighted by molar-refractivity contribution is 7.15. The zero-order valence-electron chi connectivity index (χ0n) is 15.8. The van der Waals surface area contributed by atoms with Crippen LogP contribution in [0, 0.1) is 6.92 Å². The Morgan fingerprint density at radius 3 is 2.69 bits per heavy atom. The molecule has 0 fully saturated rings. The van der Waals surface area contributed by atoms with Crippen LogP contribution in [0.4, 0.5) is 5.95 Å². The van der Waals surface area contributed by atoms with Gasteiger partial charge >= 0.3 is 0 Å². The second-order valence-corrected chi connectivity index (χ2v) is 7.84. The van der Waals surface area contributed by atoms with Crippen molar-refractivity contribution in [3.05, 3.63) is 64.5 Å². The van der Waals surface area contributed by atoms with E-state index < -0.39 is 0 Å². The number of hydrogen-bond donors (Lipinski definition) is 1. The molecule has 0 aliphatic rings. The van der Waals surface area contributed by atoms with Gasteiger partial charge in [-0.1, -0.05) is 41.4 Å². The zero-order valence-corrected chi connectivity index (χ0v) is 17.3. The number of nitrogens with zero attached hydrogens (tertiary/aromatic N) is 3. The highest BCUT2D eigenvalue weighted by atomic mass is 35.5. The van der Waals surface area contributed by atoms with Gasteiger partial charge in [0.05, 0.1) is 12.3 Å². The first kappa shape index (κ1) is 19.4. The molecule has 2 aromatic carbocycles. The Morgan fingerprint density at radius 2 is 1.93 bits per heavy atom. The summed E-state index contributed by atoms with van der Waals surface area (Å²) in [7, 11) is 0. The molecular weight excluding hydrogens is 408 g/mol. The molecule has 29 heavy (non-hydrogen) atoms. The van der Waals surface area contributed by atoms with E-state index in [0.29, 0.717) is 35.4 Å². The smallest absolute Gasteiger partial charge is 0.250 e. The molecule has 4 aromatic rings. The fourth-order valence-corrected chi connectivity index (χ4v) is 3.75. The number of nitrogens with one attached hydrogen (secondary N) is 1. The number of halogens is 1. The molecule has 0 unspecified atom stereocenters. The fraction of sp³-hybridized carbons (Fsp3) is 0.190. The molecule has 6 nitrogen and oxygen atoms in total. The molecule has 148 valence electrons. The van der Waals surface area contributed by atoms with E-state index in [2.05, 4.69) is 15.4 Å². The molecule has 0 aliphatic carbocycles. The van der Waals surface area contributed by atoms with E-state index >= 15 is 0 Å². The summed E-state index contributed by atoms with van der Waals surface area (Å²) < 4.78 is 7.37. The number of aryl methyl sites for hydroxylation is 1. The topological polar surface area (TPSA) is 68.5 Å². The lowest BCUT2D eigenvalue weighted by atomic mass is 10.2. The summed E-state index contributed by atoms with van der Waals surface area (Å²) in [4.78, 5) is 17.3. The average molecular weight is 427 g/mol. The van der Waals surface area contributed by atoms with E-state index in [9.17, 15) is 4.79 Å². The van der Waals surface area contributed by atoms with E-state index in [1.54, 1.807) is 4.52 Å². The van der Waals surface area contributed by atoms with Crippen molar-refractivity contribution >= 4 is 39.8 Å². The van der Waals surface area contributed by atoms with Crippen LogP contribution in [0.1, 0.15) is 18.4 Å². The van der Waals surface area contributed by atoms with Gasteiger partial charge in [-0.15, -0.1) is 16.4 Å². The average Bonchev–Trinajstić information content (AvgIpc) is 3.27. The Labute approximate surface area is 177 Å². The minimum atomic E-state index is -0.135. The number of hydrogen-bond acceptors (Lipinski definition) is 5. The van der Waals surface area contributed by atoms with E-state index in [4.69, 9.17) is 16.3 Å². The number of fused-ring (bicyclic) bond motifs is 1. The van der Waals surface area contributed by atoms with Crippen LogP contribution < -0.4 is 10.1 Å². The summed E-state index contributed by atoms with van der Waals surface area (Å²) in [6.07, 6.45) is 0.945. The number of benzene rings is 2. The Kier molecular flexibility index (Phi) is 5.78. The molecule has 2 heterocycles. The molecule has 0 bridgehead atoms. The van der Waals surface area contributed by atoms with Gasteiger partial charge < -0.3 is 4.74 Å². The van der Waals surface area contributed by atoms with Gasteiger partial charge in [-0.25, -0.2) is 4.52 Å². The highest BCUT2D eigenvalue weighted by Crippen LogP contribution is 2.27. The quantitative estimate of drug-likeness (QED) is 0.411. The first-order valence-electron chi connectivity index (χ1n) is 9.18. The van der Waals surface area contributed by atoms with Gasteiger partial charge in [-0.2, -0.15) is 4.98 Å². The number of ether oxygens (including phenoxy) is 1. The van der Waals surface area contributed by atoms with Gasteiger partial charge in [0.2, 0.25) is 16.8 Å². The van der Waals surface area contributed by atoms with Gasteiger partial charge in [-0.3, -0.25) is 10.1 Å². The van der Waals surface area contributed by atoms with Crippen LogP contribution in [0.2, 0.25) is 5.02 Å². The number of aromatic nitrogens is 3. The number of rotatable bonds is 7. The maximum Gasteiger partial charge on any atom is 0.250 e. The van der Waals surface area contributed by atoms with Crippen molar-refractivity contribution in [2.24, 2.45) is 0 Å². The van der Waals surface area contributed by atoms with E-state index in [1.165, 1.54) is 16.9 Å². The highest BCUT2D eigenvalue weighted by Gasteiger charge is 2.13. The van der Waals surface area contributed by atoms with Crippen LogP contribution in [0.3, 0.4) is 0 Å². The maximum atomic E-state index is 12.2. The van der Waals surface area contributed by atoms with Crippen LogP contribution in [0.5, 0.6) is 5.75 Å². The molecule has 1 amide bonds. The van der Waals surface area contributed by atoms with Crippen LogP contribution >= 0.6 is 22.9 Å². The SMILES string of the molecule is Cc1ccc(OCCCC(=O)Nc2nc3scc(-c4ccc(Cl)cc4)n3n2)cc1. The minimum Gasteiger partial charge on any atom is -0.494 e. The Bertz CT molecular complexity index is 1120. The van der Waals surface area contributed by atoms with Crippen molar-refractivity contribution in [1.82, 2.24) is 14.6 Å². The van der Waals surface area contributed by atoms with Crippen LogP contribution in [-0.4, -0.2) is 27.1 Å². The number of thiazole rings is 1. The van der Waals surface area contributed by atoms with Crippen molar-refractivity contribution in [3.63, 3.8) is 0 Å². The summed E-state index contributed by atoms with van der Waals surface area (Å²) in [5.74, 6) is 0.974. The number of carbonyl (C=O) groups is 1. The van der Waals surface area contributed by atoms with Gasteiger partial charge in [0.25, 0.3) is 0 Å². The first-order valence-corrected chi connectivity index (χ1v) is 10.4. The van der Waals surface area contributed by atoms with Crippen LogP contribution in [-0.2, 0) is 4.79 Å². The Balaban J connectivity index is 1.32. The molecule has 0 atom stereocenters. The predicted octanol–water partition coefficient (Wildman–Crippen LogP) is 5.22. The van der Waals surface area contributed by atoms with Crippen molar-refractivity contribution in [1.29, 1.82) is 0 Å². The van der Waals surface area contributed by atoms with Gasteiger partial charge in [0.1, 0.15) is 5.75 Å². The summed E-state index contributed by atoms with van der Waals surface area (Å²) in [6, 6.07) is 15.4. The van der Waals surface area contributed by atoms with Crippen LogP contribution in [0.15, 0.2) is 53.9 Å². The Hall–Kier alpha value is -2.90. The van der Waals surface area contributed by atoms with Crippen molar-refractivity contribution in [2.45, 2.75) is 19.8 Å². The lowest BCUT2D eigenvalue weighted by Crippen LogP contribution is -2.14. The van der Waals surface area contributed by atoms with E-state index in [1.807, 2.05) is 60.8 Å². The zero-order chi connectivity index (χ0) is 20.2. The maximum absolute atomic E-state index is 12.2. The standard InChI is InChI=1S/C21H19ClN4O2S/c1-14-4-10-17(11-5-14)28-12-2-3-19(27)23-20-24-21-26(25-20)18(13-29-21)15-6-8-16(22)9-7-15/h4-11,13H,2-3,12H2,1H3,(H,23,25,27). The number of anilines is 1. The fourth-order valence-electron chi connectivity index (χ4n) is 2.80. The summed E-state index contributed by atoms with van der Waals surface area (Å²) in [6.45, 7) is 2.50. The van der Waals surface area contributed by atoms with E-state index in [0.717, 1.165) is 17.0 Å². The van der Waals surface area contributed by atoms with Crippen molar-refractivity contribution in [3.8, 4) is 17.0 Å². The molecule has 0 saturated carbocycles. The lowest BCUT2D eigenvalue weighted by Gasteiger charge is -2.06. The minimum absolute atomic E-state index is 0.135. The van der Waals surface area contributed by atoms with Gasteiger partial charge in [0, 0.05) is 22.4 Å². The first-order chi connectivity index (χ1) is 14.1. The predicted molar refractivity (Wildman–Crippen MR) is 116 cm³/mol. The molecule has 2 aromatic heterocycles. The number of carbonyl (C=O) groups excluding carboxylic acids is 1. The third-order valence-electron chi connectivity index (χ3n) is 4.31. The molecular formula is C21H19ClN4O2S. The summed E-state index contributed by atoms with van der Waals surface area (Å²) >= 11 is 7.42. The second-order valence-electron chi connectivity index (χ2n) is 6.57. The largest absolute Gasteiger partial charge is 0.494 e. The molecule has 0 spiro atoms. The lowest BCUT2D eigenvalue weighted by molar-refractivity contribution is -0.116. The van der Waals surface area contributed by atoms with Crippen molar-refractivity contribution in [2.75, 3.05) is 11.9 Å². The van der Waals surface area contributed by atoms with Gasteiger partial charge in [-0.05, 0) is 37.6 Å². The third-order valence-corrected chi connectivity index (χ3v) is 5.38. The number of amides is 1. The summed E-state index contributed by atoms with van der Waals surface area (Å²) in [5, 5.41) is 9.83. The van der Waals surface area contributed by atoms with Crippen LogP contribution in [0.25, 0.3) is 16.2 Å². The Morgan fingerprint density at radius 1 is 1.17 bits per heavy atom. The molecule has 0 aliphatic heterocycles. The van der Waals surface area contributed by atoms with Crippen molar-refractivity contribution < 1.29 is 9.53 Å².